The molecule has 2 aromatic rings. The lowest BCUT2D eigenvalue weighted by atomic mass is 10.1. The minimum Gasteiger partial charge on any atom is -0.382 e. The number of benzene rings is 1. The minimum absolute atomic E-state index is 0.0591. The maximum Gasteiger partial charge on any atom is 0.293 e. The van der Waals surface area contributed by atoms with E-state index in [0.717, 1.165) is 11.3 Å². The second-order valence-electron chi connectivity index (χ2n) is 3.80. The Bertz CT molecular complexity index is 678. The topological polar surface area (TPSA) is 138 Å². The van der Waals surface area contributed by atoms with Gasteiger partial charge < -0.3 is 11.6 Å². The number of H-pyrrole nitrogens is 2. The van der Waals surface area contributed by atoms with Gasteiger partial charge in [-0.05, 0) is 24.6 Å². The van der Waals surface area contributed by atoms with Crippen LogP contribution in [0.1, 0.15) is 12.5 Å². The predicted molar refractivity (Wildman–Crippen MR) is 72.8 cm³/mol. The van der Waals surface area contributed by atoms with Crippen LogP contribution in [0.2, 0.25) is 0 Å². The molecule has 0 aliphatic carbocycles. The molecule has 2 rings (SSSR count). The van der Waals surface area contributed by atoms with E-state index in [-0.39, 0.29) is 11.5 Å². The van der Waals surface area contributed by atoms with Crippen molar-refractivity contribution in [2.24, 2.45) is 21.2 Å². The third-order valence-corrected chi connectivity index (χ3v) is 2.53. The lowest BCUT2D eigenvalue weighted by molar-refractivity contribution is 1.06. The molecule has 8 heteroatoms. The van der Waals surface area contributed by atoms with Crippen molar-refractivity contribution in [1.82, 2.24) is 10.2 Å². The molecule has 1 aromatic carbocycles. The van der Waals surface area contributed by atoms with Gasteiger partial charge in [0.2, 0.25) is 0 Å². The molecule has 0 radical (unpaired) electrons. The first-order chi connectivity index (χ1) is 9.11. The molecule has 0 spiro atoms. The van der Waals surface area contributed by atoms with Crippen LogP contribution in [0.5, 0.6) is 0 Å². The number of hydrogen-bond acceptors (Lipinski definition) is 6. The maximum atomic E-state index is 11.3. The highest BCUT2D eigenvalue weighted by Crippen LogP contribution is 2.19. The van der Waals surface area contributed by atoms with Crippen molar-refractivity contribution in [3.63, 3.8) is 0 Å². The summed E-state index contributed by atoms with van der Waals surface area (Å²) < 4.78 is 0. The Morgan fingerprint density at radius 1 is 1.16 bits per heavy atom. The highest BCUT2D eigenvalue weighted by Gasteiger charge is 2.04. The molecular weight excluding hydrogens is 246 g/mol. The highest BCUT2D eigenvalue weighted by molar-refractivity contribution is 5.98. The summed E-state index contributed by atoms with van der Waals surface area (Å²) in [5.41, 5.74) is 7.36. The van der Waals surface area contributed by atoms with Crippen LogP contribution < -0.4 is 17.1 Å². The highest BCUT2D eigenvalue weighted by atomic mass is 16.1. The summed E-state index contributed by atoms with van der Waals surface area (Å²) in [5.74, 6) is 5.34. The van der Waals surface area contributed by atoms with Crippen LogP contribution in [-0.2, 0) is 0 Å². The first kappa shape index (κ1) is 12.6. The van der Waals surface area contributed by atoms with Crippen molar-refractivity contribution < 1.29 is 0 Å². The molecule has 0 unspecified atom stereocenters. The quantitative estimate of drug-likeness (QED) is 0.286. The molecule has 8 nitrogen and oxygen atoms in total. The molecule has 1 aromatic heterocycles. The Kier molecular flexibility index (Phi) is 3.42. The first-order valence-corrected chi connectivity index (χ1v) is 5.44. The second-order valence-corrected chi connectivity index (χ2v) is 3.80. The van der Waals surface area contributed by atoms with Gasteiger partial charge in [0.15, 0.2) is 5.69 Å². The smallest absolute Gasteiger partial charge is 0.293 e. The van der Waals surface area contributed by atoms with Gasteiger partial charge in [-0.1, -0.05) is 12.1 Å². The van der Waals surface area contributed by atoms with E-state index in [1.54, 1.807) is 19.1 Å². The van der Waals surface area contributed by atoms with Crippen LogP contribution in [0.15, 0.2) is 44.4 Å². The van der Waals surface area contributed by atoms with E-state index in [4.69, 9.17) is 11.6 Å². The van der Waals surface area contributed by atoms with Crippen molar-refractivity contribution in [1.29, 1.82) is 0 Å². The molecule has 1 heterocycles. The fourth-order valence-electron chi connectivity index (χ4n) is 1.42. The van der Waals surface area contributed by atoms with E-state index in [2.05, 4.69) is 25.5 Å². The summed E-state index contributed by atoms with van der Waals surface area (Å²) in [7, 11) is 0. The Morgan fingerprint density at radius 2 is 1.84 bits per heavy atom. The monoisotopic (exact) mass is 259 g/mol. The van der Waals surface area contributed by atoms with E-state index < -0.39 is 5.56 Å². The van der Waals surface area contributed by atoms with E-state index in [1.165, 1.54) is 0 Å². The fourth-order valence-corrected chi connectivity index (χ4v) is 1.42. The number of hydrazone groups is 1. The predicted octanol–water partition coefficient (Wildman–Crippen LogP) is 1.38. The summed E-state index contributed by atoms with van der Waals surface area (Å²) in [6, 6.07) is 7.10. The average molecular weight is 259 g/mol. The van der Waals surface area contributed by atoms with E-state index >= 15 is 0 Å². The second kappa shape index (κ2) is 5.17. The lowest BCUT2D eigenvalue weighted by Crippen LogP contribution is -1.97. The number of aromatic amines is 2. The van der Waals surface area contributed by atoms with Gasteiger partial charge in [-0.25, -0.2) is 0 Å². The largest absolute Gasteiger partial charge is 0.382 e. The Morgan fingerprint density at radius 3 is 2.37 bits per heavy atom. The summed E-state index contributed by atoms with van der Waals surface area (Å²) in [4.78, 5) is 11.3. The van der Waals surface area contributed by atoms with Crippen LogP contribution in [0.3, 0.4) is 0 Å². The third kappa shape index (κ3) is 2.68. The molecule has 0 bridgehead atoms. The molecular formula is C11H13N7O. The molecule has 0 atom stereocenters. The molecule has 0 amide bonds. The number of nitrogens with two attached hydrogens (primary N) is 2. The average Bonchev–Trinajstić information content (AvgIpc) is 2.75. The molecule has 19 heavy (non-hydrogen) atoms. The van der Waals surface area contributed by atoms with Gasteiger partial charge in [0.25, 0.3) is 5.56 Å². The zero-order chi connectivity index (χ0) is 13.8. The number of nitrogens with zero attached hydrogens (tertiary/aromatic N) is 3. The SMILES string of the molecule is C/C(=N/N)c1ccc(N=Nc2c(N)[nH][nH]c2=O)cc1. The maximum absolute atomic E-state index is 11.3. The molecule has 6 N–H and O–H groups in total. The van der Waals surface area contributed by atoms with Crippen molar-refractivity contribution in [2.45, 2.75) is 6.92 Å². The van der Waals surface area contributed by atoms with E-state index in [9.17, 15) is 4.79 Å². The molecule has 0 saturated carbocycles. The summed E-state index contributed by atoms with van der Waals surface area (Å²) in [6.07, 6.45) is 0. The van der Waals surface area contributed by atoms with Gasteiger partial charge in [-0.15, -0.1) is 5.11 Å². The standard InChI is InChI=1S/C11H13N7O/c1-6(14-13)7-2-4-8(5-3-7)15-16-9-10(12)17-18-11(9)19/h2-5H,13H2,1H3,(H4,12,17,18,19)/b14-6-,16-15?. The van der Waals surface area contributed by atoms with Gasteiger partial charge in [0, 0.05) is 0 Å². The Labute approximate surface area is 108 Å². The van der Waals surface area contributed by atoms with Crippen LogP contribution in [-0.4, -0.2) is 15.9 Å². The summed E-state index contributed by atoms with van der Waals surface area (Å²) >= 11 is 0. The van der Waals surface area contributed by atoms with Crippen molar-refractivity contribution in [3.8, 4) is 0 Å². The number of rotatable bonds is 3. The molecule has 0 saturated heterocycles. The zero-order valence-corrected chi connectivity index (χ0v) is 10.2. The summed E-state index contributed by atoms with van der Waals surface area (Å²) in [5, 5.41) is 16.1. The van der Waals surface area contributed by atoms with Gasteiger partial charge in [0.05, 0.1) is 11.4 Å². The van der Waals surface area contributed by atoms with Crippen LogP contribution in [0.25, 0.3) is 0 Å². The minimum atomic E-state index is -0.413. The van der Waals surface area contributed by atoms with Crippen LogP contribution in [0, 0.1) is 0 Å². The number of azo groups is 1. The van der Waals surface area contributed by atoms with Crippen LogP contribution >= 0.6 is 0 Å². The summed E-state index contributed by atoms with van der Waals surface area (Å²) in [6.45, 7) is 1.80. The molecule has 0 aliphatic heterocycles. The number of anilines is 1. The normalized spacial score (nSPS) is 12.2. The number of nitrogen functional groups attached to an aromatic ring is 1. The van der Waals surface area contributed by atoms with Crippen molar-refractivity contribution >= 4 is 22.9 Å². The fraction of sp³-hybridized carbons (Fsp3) is 0.0909. The molecule has 98 valence electrons. The zero-order valence-electron chi connectivity index (χ0n) is 10.2. The number of hydrogen-bond donors (Lipinski definition) is 4. The van der Waals surface area contributed by atoms with Gasteiger partial charge >= 0.3 is 0 Å². The Balaban J connectivity index is 2.23. The van der Waals surface area contributed by atoms with Crippen LogP contribution in [0.4, 0.5) is 17.2 Å². The third-order valence-electron chi connectivity index (χ3n) is 2.53. The number of nitrogens with one attached hydrogen (secondary N) is 2. The Hall–Kier alpha value is -2.90. The van der Waals surface area contributed by atoms with Crippen molar-refractivity contribution in [2.75, 3.05) is 5.73 Å². The number of aromatic nitrogens is 2. The van der Waals surface area contributed by atoms with E-state index in [0.29, 0.717) is 5.69 Å². The van der Waals surface area contributed by atoms with Gasteiger partial charge in [-0.3, -0.25) is 15.0 Å². The van der Waals surface area contributed by atoms with Gasteiger partial charge in [-0.2, -0.15) is 10.2 Å². The molecule has 0 fully saturated rings. The first-order valence-electron chi connectivity index (χ1n) is 5.44. The lowest BCUT2D eigenvalue weighted by Gasteiger charge is -1.98. The van der Waals surface area contributed by atoms with Gasteiger partial charge in [0.1, 0.15) is 5.82 Å². The van der Waals surface area contributed by atoms with Crippen molar-refractivity contribution in [3.05, 3.63) is 40.2 Å². The molecule has 0 aliphatic rings. The van der Waals surface area contributed by atoms with E-state index in [1.807, 2.05) is 12.1 Å².